The standard InChI is InChI=1S/C16H17ClN2O/c17-15-10-13(12-4-2-1-3-5-12)11-16(18-15)19-8-6-14(20)7-9-19/h1-5,10-11,14,20H,6-9H2. The first-order valence-electron chi connectivity index (χ1n) is 6.88. The second-order valence-electron chi connectivity index (χ2n) is 5.12. The number of rotatable bonds is 2. The highest BCUT2D eigenvalue weighted by Crippen LogP contribution is 2.27. The number of pyridine rings is 1. The Labute approximate surface area is 123 Å². The number of hydrogen-bond donors (Lipinski definition) is 1. The molecule has 1 saturated heterocycles. The van der Waals surface area contributed by atoms with Gasteiger partial charge in [0.1, 0.15) is 11.0 Å². The van der Waals surface area contributed by atoms with Gasteiger partial charge in [0.25, 0.3) is 0 Å². The molecular weight excluding hydrogens is 272 g/mol. The largest absolute Gasteiger partial charge is 0.393 e. The van der Waals surface area contributed by atoms with E-state index in [0.29, 0.717) is 5.15 Å². The smallest absolute Gasteiger partial charge is 0.132 e. The van der Waals surface area contributed by atoms with Gasteiger partial charge in [-0.25, -0.2) is 4.98 Å². The van der Waals surface area contributed by atoms with Crippen molar-refractivity contribution < 1.29 is 5.11 Å². The predicted octanol–water partition coefficient (Wildman–Crippen LogP) is 3.36. The molecule has 1 aliphatic heterocycles. The summed E-state index contributed by atoms with van der Waals surface area (Å²) in [4.78, 5) is 6.60. The maximum absolute atomic E-state index is 9.59. The molecule has 3 nitrogen and oxygen atoms in total. The highest BCUT2D eigenvalue weighted by molar-refractivity contribution is 6.29. The number of benzene rings is 1. The Hall–Kier alpha value is -1.58. The lowest BCUT2D eigenvalue weighted by Gasteiger charge is -2.30. The van der Waals surface area contributed by atoms with Crippen molar-refractivity contribution in [2.45, 2.75) is 18.9 Å². The molecule has 1 aromatic carbocycles. The minimum Gasteiger partial charge on any atom is -0.393 e. The first kappa shape index (κ1) is 13.4. The third kappa shape index (κ3) is 2.94. The number of aliphatic hydroxyl groups excluding tert-OH is 1. The molecule has 3 rings (SSSR count). The van der Waals surface area contributed by atoms with E-state index >= 15 is 0 Å². The molecule has 0 aliphatic carbocycles. The van der Waals surface area contributed by atoms with Gasteiger partial charge in [-0.3, -0.25) is 0 Å². The predicted molar refractivity (Wildman–Crippen MR) is 82.1 cm³/mol. The molecule has 0 spiro atoms. The molecule has 2 heterocycles. The van der Waals surface area contributed by atoms with E-state index in [1.54, 1.807) is 0 Å². The fourth-order valence-electron chi connectivity index (χ4n) is 2.54. The second kappa shape index (κ2) is 5.81. The van der Waals surface area contributed by atoms with Crippen LogP contribution in [0.4, 0.5) is 5.82 Å². The Morgan fingerprint density at radius 3 is 2.45 bits per heavy atom. The molecule has 4 heteroatoms. The van der Waals surface area contributed by atoms with Crippen molar-refractivity contribution in [3.05, 3.63) is 47.6 Å². The Morgan fingerprint density at radius 2 is 1.75 bits per heavy atom. The molecule has 0 amide bonds. The van der Waals surface area contributed by atoms with Crippen molar-refractivity contribution in [3.63, 3.8) is 0 Å². The van der Waals surface area contributed by atoms with E-state index in [0.717, 1.165) is 42.9 Å². The van der Waals surface area contributed by atoms with E-state index in [-0.39, 0.29) is 6.10 Å². The number of aliphatic hydroxyl groups is 1. The van der Waals surface area contributed by atoms with Crippen LogP contribution in [-0.2, 0) is 0 Å². The van der Waals surface area contributed by atoms with Gasteiger partial charge in [-0.05, 0) is 36.1 Å². The third-order valence-corrected chi connectivity index (χ3v) is 3.87. The maximum atomic E-state index is 9.59. The molecule has 0 bridgehead atoms. The monoisotopic (exact) mass is 288 g/mol. The molecule has 0 saturated carbocycles. The molecule has 1 N–H and O–H groups in total. The maximum Gasteiger partial charge on any atom is 0.132 e. The first-order chi connectivity index (χ1) is 9.72. The zero-order chi connectivity index (χ0) is 13.9. The molecule has 1 fully saturated rings. The quantitative estimate of drug-likeness (QED) is 0.861. The SMILES string of the molecule is OC1CCN(c2cc(-c3ccccc3)cc(Cl)n2)CC1. The fraction of sp³-hybridized carbons (Fsp3) is 0.312. The van der Waals surface area contributed by atoms with Crippen LogP contribution in [-0.4, -0.2) is 29.3 Å². The first-order valence-corrected chi connectivity index (χ1v) is 7.26. The lowest BCUT2D eigenvalue weighted by Crippen LogP contribution is -2.36. The number of anilines is 1. The molecule has 20 heavy (non-hydrogen) atoms. The summed E-state index contributed by atoms with van der Waals surface area (Å²) in [6.45, 7) is 1.64. The average Bonchev–Trinajstić information content (AvgIpc) is 2.48. The third-order valence-electron chi connectivity index (χ3n) is 3.68. The lowest BCUT2D eigenvalue weighted by atomic mass is 10.1. The topological polar surface area (TPSA) is 36.4 Å². The molecule has 2 aromatic rings. The molecule has 0 radical (unpaired) electrons. The lowest BCUT2D eigenvalue weighted by molar-refractivity contribution is 0.145. The van der Waals surface area contributed by atoms with Crippen LogP contribution in [0.5, 0.6) is 0 Å². The Kier molecular flexibility index (Phi) is 3.90. The van der Waals surface area contributed by atoms with Crippen LogP contribution in [0.3, 0.4) is 0 Å². The van der Waals surface area contributed by atoms with Gasteiger partial charge < -0.3 is 10.0 Å². The zero-order valence-corrected chi connectivity index (χ0v) is 11.9. The van der Waals surface area contributed by atoms with E-state index in [1.165, 1.54) is 0 Å². The van der Waals surface area contributed by atoms with Gasteiger partial charge in [-0.2, -0.15) is 0 Å². The van der Waals surface area contributed by atoms with Crippen molar-refractivity contribution in [1.29, 1.82) is 0 Å². The van der Waals surface area contributed by atoms with Gasteiger partial charge in [0.15, 0.2) is 0 Å². The number of nitrogens with zero attached hydrogens (tertiary/aromatic N) is 2. The summed E-state index contributed by atoms with van der Waals surface area (Å²) in [5, 5.41) is 10.1. The van der Waals surface area contributed by atoms with Gasteiger partial charge >= 0.3 is 0 Å². The zero-order valence-electron chi connectivity index (χ0n) is 11.2. The number of hydrogen-bond acceptors (Lipinski definition) is 3. The van der Waals surface area contributed by atoms with Crippen molar-refractivity contribution in [2.24, 2.45) is 0 Å². The molecule has 1 aliphatic rings. The van der Waals surface area contributed by atoms with E-state index in [4.69, 9.17) is 11.6 Å². The van der Waals surface area contributed by atoms with Crippen LogP contribution in [0.1, 0.15) is 12.8 Å². The van der Waals surface area contributed by atoms with E-state index in [2.05, 4.69) is 28.1 Å². The van der Waals surface area contributed by atoms with Gasteiger partial charge in [-0.15, -0.1) is 0 Å². The molecular formula is C16H17ClN2O. The van der Waals surface area contributed by atoms with Gasteiger partial charge in [0.2, 0.25) is 0 Å². The van der Waals surface area contributed by atoms with Crippen molar-refractivity contribution >= 4 is 17.4 Å². The van der Waals surface area contributed by atoms with Crippen LogP contribution >= 0.6 is 11.6 Å². The van der Waals surface area contributed by atoms with Crippen molar-refractivity contribution in [2.75, 3.05) is 18.0 Å². The summed E-state index contributed by atoms with van der Waals surface area (Å²) in [6.07, 6.45) is 1.39. The Balaban J connectivity index is 1.91. The Bertz CT molecular complexity index is 580. The highest BCUT2D eigenvalue weighted by Gasteiger charge is 2.19. The summed E-state index contributed by atoms with van der Waals surface area (Å²) >= 11 is 6.16. The second-order valence-corrected chi connectivity index (χ2v) is 5.51. The molecule has 0 atom stereocenters. The van der Waals surface area contributed by atoms with Crippen LogP contribution in [0.2, 0.25) is 5.15 Å². The Morgan fingerprint density at radius 1 is 1.05 bits per heavy atom. The van der Waals surface area contributed by atoms with E-state index in [1.807, 2.05) is 24.3 Å². The minimum absolute atomic E-state index is 0.181. The molecule has 0 unspecified atom stereocenters. The number of aromatic nitrogens is 1. The molecule has 104 valence electrons. The summed E-state index contributed by atoms with van der Waals surface area (Å²) < 4.78 is 0. The van der Waals surface area contributed by atoms with Crippen LogP contribution in [0.25, 0.3) is 11.1 Å². The van der Waals surface area contributed by atoms with Gasteiger partial charge in [-0.1, -0.05) is 41.9 Å². The van der Waals surface area contributed by atoms with Gasteiger partial charge in [0, 0.05) is 13.1 Å². The van der Waals surface area contributed by atoms with Crippen molar-refractivity contribution in [1.82, 2.24) is 4.98 Å². The van der Waals surface area contributed by atoms with Gasteiger partial charge in [0.05, 0.1) is 6.10 Å². The minimum atomic E-state index is -0.181. The normalized spacial score (nSPS) is 16.4. The van der Waals surface area contributed by atoms with Crippen LogP contribution in [0.15, 0.2) is 42.5 Å². The van der Waals surface area contributed by atoms with E-state index < -0.39 is 0 Å². The summed E-state index contributed by atoms with van der Waals surface area (Å²) in [5.74, 6) is 0.892. The van der Waals surface area contributed by atoms with Crippen molar-refractivity contribution in [3.8, 4) is 11.1 Å². The number of halogens is 1. The molecule has 1 aromatic heterocycles. The highest BCUT2D eigenvalue weighted by atomic mass is 35.5. The summed E-state index contributed by atoms with van der Waals surface area (Å²) in [5.41, 5.74) is 2.21. The number of piperidine rings is 1. The summed E-state index contributed by atoms with van der Waals surface area (Å²) in [6, 6.07) is 14.1. The summed E-state index contributed by atoms with van der Waals surface area (Å²) in [7, 11) is 0. The van der Waals surface area contributed by atoms with Crippen LogP contribution < -0.4 is 4.90 Å². The van der Waals surface area contributed by atoms with Crippen LogP contribution in [0, 0.1) is 0 Å². The van der Waals surface area contributed by atoms with E-state index in [9.17, 15) is 5.11 Å². The average molecular weight is 289 g/mol. The fourth-order valence-corrected chi connectivity index (χ4v) is 2.74.